The molecule has 0 bridgehead atoms. The van der Waals surface area contributed by atoms with Gasteiger partial charge in [0.15, 0.2) is 0 Å². The van der Waals surface area contributed by atoms with Gasteiger partial charge in [0.05, 0.1) is 17.9 Å². The van der Waals surface area contributed by atoms with E-state index in [1.807, 2.05) is 30.3 Å². The highest BCUT2D eigenvalue weighted by Crippen LogP contribution is 2.36. The van der Waals surface area contributed by atoms with E-state index in [1.165, 1.54) is 23.1 Å². The Morgan fingerprint density at radius 2 is 2.04 bits per heavy atom. The van der Waals surface area contributed by atoms with Gasteiger partial charge in [-0.05, 0) is 18.6 Å². The molecule has 0 aliphatic rings. The Balaban J connectivity index is 2.22. The molecule has 0 unspecified atom stereocenters. The molecule has 1 heterocycles. The summed E-state index contributed by atoms with van der Waals surface area (Å²) in [6.07, 6.45) is 0. The number of carbonyl (C=O) groups excluding carboxylic acids is 2. The largest absolute Gasteiger partial charge is 0.462 e. The van der Waals surface area contributed by atoms with Crippen LogP contribution in [0.3, 0.4) is 0 Å². The van der Waals surface area contributed by atoms with E-state index in [4.69, 9.17) is 10.5 Å². The van der Waals surface area contributed by atoms with Crippen LogP contribution in [0.1, 0.15) is 17.3 Å². The van der Waals surface area contributed by atoms with E-state index in [-0.39, 0.29) is 12.5 Å². The monoisotopic (exact) mass is 364 g/mol. The van der Waals surface area contributed by atoms with Gasteiger partial charge in [-0.25, -0.2) is 4.79 Å². The van der Waals surface area contributed by atoms with Crippen molar-refractivity contribution >= 4 is 40.0 Å². The number of ether oxygens (including phenoxy) is 1. The molecule has 0 atom stereocenters. The summed E-state index contributed by atoms with van der Waals surface area (Å²) in [5, 5.41) is 3.34. The molecular formula is C17H20N2O3S2. The maximum atomic E-state index is 12.2. The molecule has 128 valence electrons. The van der Waals surface area contributed by atoms with Gasteiger partial charge in [-0.2, -0.15) is 11.8 Å². The fourth-order valence-corrected chi connectivity index (χ4v) is 3.64. The second-order valence-electron chi connectivity index (χ2n) is 4.83. The molecule has 3 N–H and O–H groups in total. The fraction of sp³-hybridized carbons (Fsp3) is 0.294. The first-order valence-electron chi connectivity index (χ1n) is 7.59. The topological polar surface area (TPSA) is 81.4 Å². The predicted molar refractivity (Wildman–Crippen MR) is 101 cm³/mol. The number of hydrogen-bond donors (Lipinski definition) is 2. The third kappa shape index (κ3) is 5.09. The van der Waals surface area contributed by atoms with Gasteiger partial charge < -0.3 is 15.8 Å². The summed E-state index contributed by atoms with van der Waals surface area (Å²) in [6, 6.07) is 11.5. The summed E-state index contributed by atoms with van der Waals surface area (Å²) < 4.78 is 5.09. The zero-order valence-electron chi connectivity index (χ0n) is 13.4. The number of rotatable bonds is 8. The van der Waals surface area contributed by atoms with Gasteiger partial charge in [0.25, 0.3) is 0 Å². The zero-order chi connectivity index (χ0) is 17.4. The lowest BCUT2D eigenvalue weighted by molar-refractivity contribution is -0.113. The molecule has 0 aliphatic carbocycles. The molecule has 0 spiro atoms. The van der Waals surface area contributed by atoms with E-state index < -0.39 is 5.97 Å². The molecule has 1 aromatic carbocycles. The van der Waals surface area contributed by atoms with E-state index in [1.54, 1.807) is 13.0 Å². The van der Waals surface area contributed by atoms with Gasteiger partial charge >= 0.3 is 5.97 Å². The van der Waals surface area contributed by atoms with Gasteiger partial charge in [-0.1, -0.05) is 30.3 Å². The van der Waals surface area contributed by atoms with Crippen LogP contribution in [0.2, 0.25) is 0 Å². The molecule has 1 aromatic heterocycles. The first kappa shape index (κ1) is 18.5. The average molecular weight is 364 g/mol. The number of amides is 1. The summed E-state index contributed by atoms with van der Waals surface area (Å²) >= 11 is 2.83. The molecule has 0 saturated heterocycles. The first-order valence-corrected chi connectivity index (χ1v) is 9.56. The van der Waals surface area contributed by atoms with E-state index >= 15 is 0 Å². The second kappa shape index (κ2) is 9.46. The van der Waals surface area contributed by atoms with Crippen molar-refractivity contribution in [2.24, 2.45) is 5.73 Å². The third-order valence-electron chi connectivity index (χ3n) is 3.03. The molecule has 0 aliphatic heterocycles. The van der Waals surface area contributed by atoms with Crippen molar-refractivity contribution in [1.82, 2.24) is 0 Å². The smallest absolute Gasteiger partial charge is 0.341 e. The molecule has 2 aromatic rings. The van der Waals surface area contributed by atoms with Crippen LogP contribution in [0, 0.1) is 0 Å². The minimum absolute atomic E-state index is 0.152. The number of nitrogens with one attached hydrogen (secondary N) is 1. The Bertz CT molecular complexity index is 686. The normalized spacial score (nSPS) is 10.4. The van der Waals surface area contributed by atoms with Gasteiger partial charge in [-0.3, -0.25) is 4.79 Å². The molecule has 1 amide bonds. The Morgan fingerprint density at radius 3 is 2.71 bits per heavy atom. The van der Waals surface area contributed by atoms with E-state index in [2.05, 4.69) is 5.32 Å². The van der Waals surface area contributed by atoms with E-state index in [0.29, 0.717) is 22.9 Å². The molecule has 2 rings (SSSR count). The highest BCUT2D eigenvalue weighted by atomic mass is 32.2. The first-order chi connectivity index (χ1) is 11.7. The van der Waals surface area contributed by atoms with Crippen molar-refractivity contribution in [2.45, 2.75) is 6.92 Å². The molecule has 0 saturated carbocycles. The molecule has 0 radical (unpaired) electrons. The molecule has 5 nitrogen and oxygen atoms in total. The van der Waals surface area contributed by atoms with Crippen molar-refractivity contribution in [3.63, 3.8) is 0 Å². The highest BCUT2D eigenvalue weighted by molar-refractivity contribution is 7.99. The van der Waals surface area contributed by atoms with Gasteiger partial charge in [0.1, 0.15) is 5.00 Å². The summed E-state index contributed by atoms with van der Waals surface area (Å²) in [5.41, 5.74) is 6.80. The summed E-state index contributed by atoms with van der Waals surface area (Å²) in [5.74, 6) is 0.442. The lowest BCUT2D eigenvalue weighted by atomic mass is 10.1. The van der Waals surface area contributed by atoms with Crippen molar-refractivity contribution in [3.05, 3.63) is 42.0 Å². The van der Waals surface area contributed by atoms with Crippen molar-refractivity contribution in [1.29, 1.82) is 0 Å². The maximum absolute atomic E-state index is 12.2. The number of thiophene rings is 1. The number of benzene rings is 1. The van der Waals surface area contributed by atoms with Crippen LogP contribution in [0.15, 0.2) is 36.4 Å². The van der Waals surface area contributed by atoms with Crippen molar-refractivity contribution < 1.29 is 14.3 Å². The summed E-state index contributed by atoms with van der Waals surface area (Å²) in [6.45, 7) is 2.57. The van der Waals surface area contributed by atoms with Crippen molar-refractivity contribution in [3.8, 4) is 10.4 Å². The van der Waals surface area contributed by atoms with Crippen LogP contribution in [0.5, 0.6) is 0 Å². The van der Waals surface area contributed by atoms with Crippen LogP contribution >= 0.6 is 23.1 Å². The van der Waals surface area contributed by atoms with Crippen LogP contribution in [0.4, 0.5) is 5.00 Å². The van der Waals surface area contributed by atoms with Gasteiger partial charge in [-0.15, -0.1) is 11.3 Å². The number of nitrogens with two attached hydrogens (primary N) is 1. The summed E-state index contributed by atoms with van der Waals surface area (Å²) in [4.78, 5) is 25.1. The number of hydrogen-bond acceptors (Lipinski definition) is 6. The number of carbonyl (C=O) groups is 2. The Hall–Kier alpha value is -1.83. The van der Waals surface area contributed by atoms with Crippen molar-refractivity contribution in [2.75, 3.05) is 30.0 Å². The third-order valence-corrected chi connectivity index (χ3v) is 5.12. The molecule has 7 heteroatoms. The Kier molecular flexibility index (Phi) is 7.30. The zero-order valence-corrected chi connectivity index (χ0v) is 15.0. The second-order valence-corrected chi connectivity index (χ2v) is 6.99. The lowest BCUT2D eigenvalue weighted by Crippen LogP contribution is -2.17. The maximum Gasteiger partial charge on any atom is 0.341 e. The van der Waals surface area contributed by atoms with Gasteiger partial charge in [0.2, 0.25) is 5.91 Å². The minimum Gasteiger partial charge on any atom is -0.462 e. The Morgan fingerprint density at radius 1 is 1.29 bits per heavy atom. The summed E-state index contributed by atoms with van der Waals surface area (Å²) in [7, 11) is 0. The highest BCUT2D eigenvalue weighted by Gasteiger charge is 2.19. The minimum atomic E-state index is -0.430. The predicted octanol–water partition coefficient (Wildman–Crippen LogP) is 3.22. The molecular weight excluding hydrogens is 344 g/mol. The molecule has 24 heavy (non-hydrogen) atoms. The number of anilines is 1. The van der Waals surface area contributed by atoms with Crippen LogP contribution in [0.25, 0.3) is 10.4 Å². The average Bonchev–Trinajstić information content (AvgIpc) is 3.00. The fourth-order valence-electron chi connectivity index (χ4n) is 2.00. The lowest BCUT2D eigenvalue weighted by Gasteiger charge is -2.05. The number of esters is 1. The number of thioether (sulfide) groups is 1. The van der Waals surface area contributed by atoms with Crippen LogP contribution < -0.4 is 11.1 Å². The SMILES string of the molecule is CCOC(=O)c1cc(-c2ccccc2)sc1NC(=O)CSCCN. The quantitative estimate of drug-likeness (QED) is 0.555. The van der Waals surface area contributed by atoms with E-state index in [9.17, 15) is 9.59 Å². The van der Waals surface area contributed by atoms with Crippen LogP contribution in [-0.2, 0) is 9.53 Å². The Labute approximate surface area is 149 Å². The standard InChI is InChI=1S/C17H20N2O3S2/c1-2-22-17(21)13-10-14(12-6-4-3-5-7-12)24-16(13)19-15(20)11-23-9-8-18/h3-7,10H,2,8-9,11,18H2,1H3,(H,19,20). The van der Waals surface area contributed by atoms with Gasteiger partial charge in [0, 0.05) is 17.2 Å². The molecule has 0 fully saturated rings. The van der Waals surface area contributed by atoms with Crippen LogP contribution in [-0.4, -0.2) is 36.5 Å². The van der Waals surface area contributed by atoms with E-state index in [0.717, 1.165) is 16.2 Å².